The SMILES string of the molecule is COCN(C)C(=O)Oc1ccccc1. The third-order valence-corrected chi connectivity index (χ3v) is 1.58. The minimum Gasteiger partial charge on any atom is -0.410 e. The van der Waals surface area contributed by atoms with E-state index in [2.05, 4.69) is 0 Å². The Balaban J connectivity index is 2.49. The lowest BCUT2D eigenvalue weighted by atomic mass is 10.3. The Morgan fingerprint density at radius 3 is 2.57 bits per heavy atom. The summed E-state index contributed by atoms with van der Waals surface area (Å²) in [7, 11) is 3.13. The fourth-order valence-electron chi connectivity index (χ4n) is 0.914. The highest BCUT2D eigenvalue weighted by molar-refractivity contribution is 5.70. The van der Waals surface area contributed by atoms with E-state index in [-0.39, 0.29) is 6.73 Å². The zero-order valence-corrected chi connectivity index (χ0v) is 8.27. The van der Waals surface area contributed by atoms with Crippen LogP contribution in [0.2, 0.25) is 0 Å². The van der Waals surface area contributed by atoms with Crippen molar-refractivity contribution in [2.24, 2.45) is 0 Å². The average Bonchev–Trinajstić information content (AvgIpc) is 2.19. The van der Waals surface area contributed by atoms with Crippen molar-refractivity contribution in [1.82, 2.24) is 4.90 Å². The van der Waals surface area contributed by atoms with Gasteiger partial charge in [-0.2, -0.15) is 0 Å². The Labute approximate surface area is 83.0 Å². The summed E-state index contributed by atoms with van der Waals surface area (Å²) in [4.78, 5) is 12.7. The molecule has 1 rings (SSSR count). The van der Waals surface area contributed by atoms with Crippen LogP contribution in [0, 0.1) is 0 Å². The molecule has 0 saturated heterocycles. The van der Waals surface area contributed by atoms with E-state index in [1.807, 2.05) is 6.07 Å². The van der Waals surface area contributed by atoms with Crippen molar-refractivity contribution in [3.8, 4) is 5.75 Å². The molecular weight excluding hydrogens is 182 g/mol. The van der Waals surface area contributed by atoms with Crippen LogP contribution >= 0.6 is 0 Å². The van der Waals surface area contributed by atoms with E-state index < -0.39 is 6.09 Å². The molecule has 0 aliphatic rings. The summed E-state index contributed by atoms with van der Waals surface area (Å²) in [5.74, 6) is 0.528. The molecule has 0 unspecified atom stereocenters. The molecule has 1 amide bonds. The molecule has 0 radical (unpaired) electrons. The summed E-state index contributed by atoms with van der Waals surface area (Å²) < 4.78 is 9.82. The standard InChI is InChI=1S/C10H13NO3/c1-11(8-13-2)10(12)14-9-6-4-3-5-7-9/h3-7H,8H2,1-2H3. The average molecular weight is 195 g/mol. The Hall–Kier alpha value is -1.55. The summed E-state index contributed by atoms with van der Waals surface area (Å²) in [5.41, 5.74) is 0. The lowest BCUT2D eigenvalue weighted by Gasteiger charge is -2.15. The lowest BCUT2D eigenvalue weighted by molar-refractivity contribution is 0.0779. The van der Waals surface area contributed by atoms with Crippen molar-refractivity contribution in [3.05, 3.63) is 30.3 Å². The van der Waals surface area contributed by atoms with Crippen LogP contribution in [0.4, 0.5) is 4.79 Å². The van der Waals surface area contributed by atoms with Gasteiger partial charge in [0.1, 0.15) is 12.5 Å². The molecule has 0 bridgehead atoms. The van der Waals surface area contributed by atoms with Crippen LogP contribution in [0.25, 0.3) is 0 Å². The van der Waals surface area contributed by atoms with Gasteiger partial charge < -0.3 is 9.47 Å². The molecule has 0 atom stereocenters. The number of benzene rings is 1. The first-order chi connectivity index (χ1) is 6.74. The van der Waals surface area contributed by atoms with Crippen molar-refractivity contribution >= 4 is 6.09 Å². The third kappa shape index (κ3) is 3.06. The fraction of sp³-hybridized carbons (Fsp3) is 0.300. The largest absolute Gasteiger partial charge is 0.416 e. The third-order valence-electron chi connectivity index (χ3n) is 1.58. The number of nitrogens with zero attached hydrogens (tertiary/aromatic N) is 1. The maximum atomic E-state index is 11.3. The zero-order chi connectivity index (χ0) is 10.4. The Bertz CT molecular complexity index is 287. The van der Waals surface area contributed by atoms with Gasteiger partial charge in [-0.1, -0.05) is 18.2 Å². The van der Waals surface area contributed by atoms with Crippen molar-refractivity contribution in [2.45, 2.75) is 0 Å². The minimum atomic E-state index is -0.432. The molecule has 0 saturated carbocycles. The molecule has 4 heteroatoms. The summed E-state index contributed by atoms with van der Waals surface area (Å²) in [6, 6.07) is 8.91. The first kappa shape index (κ1) is 10.5. The number of para-hydroxylation sites is 1. The van der Waals surface area contributed by atoms with Gasteiger partial charge in [-0.15, -0.1) is 0 Å². The van der Waals surface area contributed by atoms with Gasteiger partial charge in [-0.05, 0) is 12.1 Å². The summed E-state index contributed by atoms with van der Waals surface area (Å²) in [6.45, 7) is 0.214. The zero-order valence-electron chi connectivity index (χ0n) is 8.27. The number of carbonyl (C=O) groups excluding carboxylic acids is 1. The summed E-state index contributed by atoms with van der Waals surface area (Å²) >= 11 is 0. The maximum Gasteiger partial charge on any atom is 0.416 e. The lowest BCUT2D eigenvalue weighted by Crippen LogP contribution is -2.31. The second-order valence-electron chi connectivity index (χ2n) is 2.80. The number of ether oxygens (including phenoxy) is 2. The molecule has 0 fully saturated rings. The monoisotopic (exact) mass is 195 g/mol. The number of methoxy groups -OCH3 is 1. The predicted molar refractivity (Wildman–Crippen MR) is 52.1 cm³/mol. The summed E-state index contributed by atoms with van der Waals surface area (Å²) in [5, 5.41) is 0. The van der Waals surface area contributed by atoms with Gasteiger partial charge >= 0.3 is 6.09 Å². The first-order valence-corrected chi connectivity index (χ1v) is 4.21. The van der Waals surface area contributed by atoms with Gasteiger partial charge in [0.2, 0.25) is 0 Å². The van der Waals surface area contributed by atoms with Gasteiger partial charge in [0.05, 0.1) is 0 Å². The molecule has 0 spiro atoms. The highest BCUT2D eigenvalue weighted by Crippen LogP contribution is 2.09. The van der Waals surface area contributed by atoms with Crippen LogP contribution in [-0.4, -0.2) is 31.9 Å². The number of amides is 1. The van der Waals surface area contributed by atoms with Crippen LogP contribution in [-0.2, 0) is 4.74 Å². The van der Waals surface area contributed by atoms with E-state index >= 15 is 0 Å². The van der Waals surface area contributed by atoms with Crippen LogP contribution < -0.4 is 4.74 Å². The second-order valence-corrected chi connectivity index (χ2v) is 2.80. The smallest absolute Gasteiger partial charge is 0.410 e. The van der Waals surface area contributed by atoms with Gasteiger partial charge in [-0.3, -0.25) is 4.90 Å². The van der Waals surface area contributed by atoms with E-state index in [0.29, 0.717) is 5.75 Å². The van der Waals surface area contributed by atoms with Crippen molar-refractivity contribution in [3.63, 3.8) is 0 Å². The summed E-state index contributed by atoms with van der Waals surface area (Å²) in [6.07, 6.45) is -0.432. The number of rotatable bonds is 3. The predicted octanol–water partition coefficient (Wildman–Crippen LogP) is 1.72. The molecule has 0 aliphatic carbocycles. The molecular formula is C10H13NO3. The number of hydrogen-bond acceptors (Lipinski definition) is 3. The van der Waals surface area contributed by atoms with E-state index in [0.717, 1.165) is 0 Å². The molecule has 0 aliphatic heterocycles. The topological polar surface area (TPSA) is 38.8 Å². The highest BCUT2D eigenvalue weighted by atomic mass is 16.6. The van der Waals surface area contributed by atoms with Crippen LogP contribution in [0.15, 0.2) is 30.3 Å². The normalized spacial score (nSPS) is 9.57. The van der Waals surface area contributed by atoms with Crippen molar-refractivity contribution in [1.29, 1.82) is 0 Å². The van der Waals surface area contributed by atoms with Crippen LogP contribution in [0.1, 0.15) is 0 Å². The van der Waals surface area contributed by atoms with E-state index in [1.54, 1.807) is 31.3 Å². The van der Waals surface area contributed by atoms with Gasteiger partial charge in [0.25, 0.3) is 0 Å². The number of hydrogen-bond donors (Lipinski definition) is 0. The van der Waals surface area contributed by atoms with Crippen LogP contribution in [0.5, 0.6) is 5.75 Å². The quantitative estimate of drug-likeness (QED) is 0.689. The molecule has 14 heavy (non-hydrogen) atoms. The Morgan fingerprint density at radius 2 is 2.00 bits per heavy atom. The molecule has 0 aromatic heterocycles. The van der Waals surface area contributed by atoms with E-state index in [4.69, 9.17) is 9.47 Å². The van der Waals surface area contributed by atoms with Crippen molar-refractivity contribution in [2.75, 3.05) is 20.9 Å². The molecule has 1 aromatic carbocycles. The highest BCUT2D eigenvalue weighted by Gasteiger charge is 2.09. The molecule has 0 N–H and O–H groups in total. The van der Waals surface area contributed by atoms with Crippen LogP contribution in [0.3, 0.4) is 0 Å². The van der Waals surface area contributed by atoms with Gasteiger partial charge in [0.15, 0.2) is 0 Å². The molecule has 76 valence electrons. The molecule has 4 nitrogen and oxygen atoms in total. The molecule has 1 aromatic rings. The fourth-order valence-corrected chi connectivity index (χ4v) is 0.914. The van der Waals surface area contributed by atoms with Gasteiger partial charge in [-0.25, -0.2) is 4.79 Å². The number of carbonyl (C=O) groups is 1. The minimum absolute atomic E-state index is 0.214. The Morgan fingerprint density at radius 1 is 1.36 bits per heavy atom. The van der Waals surface area contributed by atoms with E-state index in [9.17, 15) is 4.79 Å². The first-order valence-electron chi connectivity index (χ1n) is 4.21. The van der Waals surface area contributed by atoms with Crippen molar-refractivity contribution < 1.29 is 14.3 Å². The van der Waals surface area contributed by atoms with E-state index in [1.165, 1.54) is 12.0 Å². The molecule has 0 heterocycles. The Kier molecular flexibility index (Phi) is 3.94. The van der Waals surface area contributed by atoms with Gasteiger partial charge in [0, 0.05) is 14.2 Å². The maximum absolute atomic E-state index is 11.3. The second kappa shape index (κ2) is 5.24.